The van der Waals surface area contributed by atoms with Gasteiger partial charge in [0.2, 0.25) is 15.9 Å². The van der Waals surface area contributed by atoms with E-state index >= 15 is 0 Å². The number of sulfonamides is 1. The number of benzene rings is 2. The average molecular weight is 470 g/mol. The Labute approximate surface area is 191 Å². The first-order chi connectivity index (χ1) is 15.9. The molecule has 3 heterocycles. The minimum atomic E-state index is -3.61. The lowest BCUT2D eigenvalue weighted by atomic mass is 10.1. The number of carbonyl (C=O) groups excluding carboxylic acids is 3. The normalized spacial score (nSPS) is 18.5. The summed E-state index contributed by atoms with van der Waals surface area (Å²) < 4.78 is 32.5. The van der Waals surface area contributed by atoms with Gasteiger partial charge in [0.25, 0.3) is 11.8 Å². The summed E-state index contributed by atoms with van der Waals surface area (Å²) in [4.78, 5) is 40.9. The fraction of sp³-hybridized carbons (Fsp3) is 0.348. The van der Waals surface area contributed by atoms with Gasteiger partial charge >= 0.3 is 0 Å². The van der Waals surface area contributed by atoms with Crippen molar-refractivity contribution in [1.82, 2.24) is 9.21 Å². The van der Waals surface area contributed by atoms with Gasteiger partial charge in [-0.05, 0) is 42.3 Å². The summed E-state index contributed by atoms with van der Waals surface area (Å²) in [5.41, 5.74) is 2.17. The van der Waals surface area contributed by atoms with E-state index in [-0.39, 0.29) is 35.6 Å². The van der Waals surface area contributed by atoms with E-state index < -0.39 is 10.0 Å². The summed E-state index contributed by atoms with van der Waals surface area (Å²) in [6.07, 6.45) is 0.541. The van der Waals surface area contributed by atoms with E-state index in [9.17, 15) is 22.8 Å². The van der Waals surface area contributed by atoms with Crippen molar-refractivity contribution in [3.05, 3.63) is 59.2 Å². The molecule has 10 heteroatoms. The summed E-state index contributed by atoms with van der Waals surface area (Å²) in [5, 5.41) is 0. The molecule has 0 aromatic heterocycles. The van der Waals surface area contributed by atoms with Crippen LogP contribution in [-0.2, 0) is 26.0 Å². The van der Waals surface area contributed by atoms with Crippen molar-refractivity contribution in [1.29, 1.82) is 0 Å². The van der Waals surface area contributed by atoms with Crippen LogP contribution in [0.15, 0.2) is 47.4 Å². The summed E-state index contributed by atoms with van der Waals surface area (Å²) in [7, 11) is -3.61. The van der Waals surface area contributed by atoms with Crippen LogP contribution in [0.25, 0.3) is 0 Å². The molecule has 1 fully saturated rings. The quantitative estimate of drug-likeness (QED) is 0.611. The van der Waals surface area contributed by atoms with Gasteiger partial charge in [0.1, 0.15) is 0 Å². The van der Waals surface area contributed by atoms with E-state index in [1.807, 2.05) is 0 Å². The third-order valence-electron chi connectivity index (χ3n) is 6.28. The van der Waals surface area contributed by atoms with Crippen LogP contribution in [0.1, 0.15) is 32.7 Å². The highest BCUT2D eigenvalue weighted by Gasteiger charge is 2.36. The molecule has 9 nitrogen and oxygen atoms in total. The predicted molar refractivity (Wildman–Crippen MR) is 119 cm³/mol. The number of morpholine rings is 1. The van der Waals surface area contributed by atoms with Crippen LogP contribution in [0.2, 0.25) is 0 Å². The molecular weight excluding hydrogens is 446 g/mol. The van der Waals surface area contributed by atoms with Crippen LogP contribution in [0.5, 0.6) is 0 Å². The average Bonchev–Trinajstić information content (AvgIpc) is 3.37. The third kappa shape index (κ3) is 3.73. The van der Waals surface area contributed by atoms with Gasteiger partial charge in [0, 0.05) is 38.3 Å². The molecule has 0 spiro atoms. The molecular formula is C23H23N3O6S. The first kappa shape index (κ1) is 21.7. The first-order valence-electron chi connectivity index (χ1n) is 10.8. The second kappa shape index (κ2) is 8.36. The minimum absolute atomic E-state index is 0.000503. The highest BCUT2D eigenvalue weighted by Crippen LogP contribution is 2.32. The number of nitrogens with zero attached hydrogens (tertiary/aromatic N) is 3. The van der Waals surface area contributed by atoms with Crippen molar-refractivity contribution in [2.24, 2.45) is 0 Å². The lowest BCUT2D eigenvalue weighted by Crippen LogP contribution is -2.40. The fourth-order valence-corrected chi connectivity index (χ4v) is 5.98. The van der Waals surface area contributed by atoms with Crippen molar-refractivity contribution in [2.45, 2.75) is 17.7 Å². The Bertz CT molecular complexity index is 1220. The van der Waals surface area contributed by atoms with E-state index in [2.05, 4.69) is 0 Å². The second-order valence-electron chi connectivity index (χ2n) is 8.16. The number of rotatable bonds is 5. The Hall–Kier alpha value is -3.08. The van der Waals surface area contributed by atoms with Crippen molar-refractivity contribution in [3.8, 4) is 0 Å². The maximum atomic E-state index is 12.9. The molecule has 0 radical (unpaired) electrons. The third-order valence-corrected chi connectivity index (χ3v) is 8.18. The molecule has 0 atom stereocenters. The van der Waals surface area contributed by atoms with Crippen LogP contribution in [-0.4, -0.2) is 74.7 Å². The number of amides is 3. The van der Waals surface area contributed by atoms with E-state index in [0.29, 0.717) is 56.1 Å². The van der Waals surface area contributed by atoms with Gasteiger partial charge in [0.05, 0.1) is 29.2 Å². The Morgan fingerprint density at radius 3 is 2.27 bits per heavy atom. The van der Waals surface area contributed by atoms with E-state index in [1.165, 1.54) is 10.4 Å². The first-order valence-corrected chi connectivity index (χ1v) is 12.3. The lowest BCUT2D eigenvalue weighted by molar-refractivity contribution is -0.118. The molecule has 2 aromatic rings. The Morgan fingerprint density at radius 1 is 0.939 bits per heavy atom. The fourth-order valence-electron chi connectivity index (χ4n) is 4.52. The van der Waals surface area contributed by atoms with Crippen molar-refractivity contribution >= 4 is 33.4 Å². The number of imide groups is 1. The number of fused-ring (bicyclic) bond motifs is 2. The molecule has 3 amide bonds. The highest BCUT2D eigenvalue weighted by molar-refractivity contribution is 7.89. The van der Waals surface area contributed by atoms with Gasteiger partial charge in [-0.3, -0.25) is 19.3 Å². The Kier molecular flexibility index (Phi) is 5.51. The number of ether oxygens (including phenoxy) is 1. The van der Waals surface area contributed by atoms with Gasteiger partial charge in [-0.1, -0.05) is 12.1 Å². The van der Waals surface area contributed by atoms with E-state index in [1.54, 1.807) is 41.3 Å². The molecule has 0 N–H and O–H groups in total. The molecule has 3 aliphatic rings. The highest BCUT2D eigenvalue weighted by atomic mass is 32.2. The molecule has 2 aromatic carbocycles. The molecule has 1 saturated heterocycles. The van der Waals surface area contributed by atoms with Gasteiger partial charge < -0.3 is 9.64 Å². The molecule has 172 valence electrons. The molecule has 0 aliphatic carbocycles. The SMILES string of the molecule is O=C1c2ccccc2C(=O)N1CCC(=O)N1CCc2cc(S(=O)(=O)N3CCOCC3)ccc21. The standard InChI is InChI=1S/C23H23N3O6S/c27-21(8-10-26-22(28)18-3-1-2-4-19(18)23(26)29)25-9-7-16-15-17(5-6-20(16)25)33(30,31)24-11-13-32-14-12-24/h1-6,15H,7-14H2. The van der Waals surface area contributed by atoms with Crippen LogP contribution >= 0.6 is 0 Å². The maximum Gasteiger partial charge on any atom is 0.261 e. The van der Waals surface area contributed by atoms with Gasteiger partial charge in [0.15, 0.2) is 0 Å². The van der Waals surface area contributed by atoms with E-state index in [4.69, 9.17) is 4.74 Å². The summed E-state index contributed by atoms with van der Waals surface area (Å²) in [6.45, 7) is 1.82. The minimum Gasteiger partial charge on any atom is -0.379 e. The van der Waals surface area contributed by atoms with Gasteiger partial charge in [-0.2, -0.15) is 4.31 Å². The Morgan fingerprint density at radius 2 is 1.61 bits per heavy atom. The number of anilines is 1. The summed E-state index contributed by atoms with van der Waals surface area (Å²) in [6, 6.07) is 11.4. The smallest absolute Gasteiger partial charge is 0.261 e. The van der Waals surface area contributed by atoms with Crippen molar-refractivity contribution in [2.75, 3.05) is 44.3 Å². The van der Waals surface area contributed by atoms with E-state index in [0.717, 1.165) is 10.5 Å². The molecule has 0 saturated carbocycles. The lowest BCUT2D eigenvalue weighted by Gasteiger charge is -2.26. The Balaban J connectivity index is 1.28. The molecule has 0 unspecified atom stereocenters. The summed E-state index contributed by atoms with van der Waals surface area (Å²) in [5.74, 6) is -0.986. The second-order valence-corrected chi connectivity index (χ2v) is 10.1. The van der Waals surface area contributed by atoms with Crippen LogP contribution in [0.3, 0.4) is 0 Å². The molecule has 3 aliphatic heterocycles. The zero-order valence-electron chi connectivity index (χ0n) is 17.9. The van der Waals surface area contributed by atoms with Crippen LogP contribution in [0.4, 0.5) is 5.69 Å². The topological polar surface area (TPSA) is 104 Å². The molecule has 33 heavy (non-hydrogen) atoms. The summed E-state index contributed by atoms with van der Waals surface area (Å²) >= 11 is 0. The van der Waals surface area contributed by atoms with Crippen LogP contribution in [0, 0.1) is 0 Å². The number of hydrogen-bond acceptors (Lipinski definition) is 6. The van der Waals surface area contributed by atoms with Crippen molar-refractivity contribution in [3.63, 3.8) is 0 Å². The number of carbonyl (C=O) groups is 3. The zero-order chi connectivity index (χ0) is 23.2. The van der Waals surface area contributed by atoms with Gasteiger partial charge in [-0.15, -0.1) is 0 Å². The number of hydrogen-bond donors (Lipinski definition) is 0. The predicted octanol–water partition coefficient (Wildman–Crippen LogP) is 1.28. The maximum absolute atomic E-state index is 12.9. The largest absolute Gasteiger partial charge is 0.379 e. The monoisotopic (exact) mass is 469 g/mol. The molecule has 0 bridgehead atoms. The van der Waals surface area contributed by atoms with Gasteiger partial charge in [-0.25, -0.2) is 8.42 Å². The van der Waals surface area contributed by atoms with Crippen LogP contribution < -0.4 is 4.90 Å². The van der Waals surface area contributed by atoms with Crippen molar-refractivity contribution < 1.29 is 27.5 Å². The zero-order valence-corrected chi connectivity index (χ0v) is 18.7. The molecule has 5 rings (SSSR count).